The monoisotopic (exact) mass is 563 g/mol. The maximum atomic E-state index is 14.9. The smallest absolute Gasteiger partial charge is 0.301 e. The Labute approximate surface area is 227 Å². The van der Waals surface area contributed by atoms with Crippen LogP contribution in [0.3, 0.4) is 0 Å². The van der Waals surface area contributed by atoms with Gasteiger partial charge in [0.1, 0.15) is 5.82 Å². The van der Waals surface area contributed by atoms with E-state index in [-0.39, 0.29) is 36.1 Å². The summed E-state index contributed by atoms with van der Waals surface area (Å²) >= 11 is 0. The number of halogens is 5. The van der Waals surface area contributed by atoms with Gasteiger partial charge in [-0.1, -0.05) is 13.8 Å². The number of pyridine rings is 2. The quantitative estimate of drug-likeness (QED) is 0.394. The summed E-state index contributed by atoms with van der Waals surface area (Å²) in [6.45, 7) is 2.21. The molecular weight excluding hydrogens is 533 g/mol. The summed E-state index contributed by atoms with van der Waals surface area (Å²) in [5.74, 6) is -8.47. The van der Waals surface area contributed by atoms with E-state index in [1.54, 1.807) is 23.1 Å². The van der Waals surface area contributed by atoms with Gasteiger partial charge in [-0.05, 0) is 37.0 Å². The van der Waals surface area contributed by atoms with Gasteiger partial charge in [0.25, 0.3) is 11.5 Å². The molecule has 0 radical (unpaired) electrons. The van der Waals surface area contributed by atoms with Crippen molar-refractivity contribution < 1.29 is 26.7 Å². The average Bonchev–Trinajstić information content (AvgIpc) is 3.74. The second-order valence-corrected chi connectivity index (χ2v) is 11.3. The van der Waals surface area contributed by atoms with Crippen molar-refractivity contribution in [2.75, 3.05) is 35.2 Å². The van der Waals surface area contributed by atoms with Crippen LogP contribution in [0.4, 0.5) is 44.8 Å². The number of piperidine rings is 1. The number of nitrogens with one attached hydrogen (secondary N) is 2. The normalized spacial score (nSPS) is 25.5. The number of aromatic nitrogens is 2. The number of benzene rings is 1. The average molecular weight is 564 g/mol. The molecule has 0 spiro atoms. The van der Waals surface area contributed by atoms with Gasteiger partial charge in [-0.15, -0.1) is 0 Å². The van der Waals surface area contributed by atoms with Crippen LogP contribution < -0.4 is 25.8 Å². The highest BCUT2D eigenvalue weighted by Gasteiger charge is 2.51. The highest BCUT2D eigenvalue weighted by molar-refractivity contribution is 5.97. The fourth-order valence-electron chi connectivity index (χ4n) is 5.79. The Bertz CT molecular complexity index is 1530. The molecule has 0 bridgehead atoms. The summed E-state index contributed by atoms with van der Waals surface area (Å²) in [7, 11) is 1.53. The van der Waals surface area contributed by atoms with Crippen molar-refractivity contribution in [2.24, 2.45) is 24.8 Å². The summed E-state index contributed by atoms with van der Waals surface area (Å²) in [4.78, 5) is 18.9. The topological polar surface area (TPSA) is 71.4 Å². The van der Waals surface area contributed by atoms with Crippen molar-refractivity contribution in [1.82, 2.24) is 9.55 Å². The van der Waals surface area contributed by atoms with Gasteiger partial charge in [0.05, 0.1) is 29.1 Å². The maximum absolute atomic E-state index is 14.9. The van der Waals surface area contributed by atoms with Crippen LogP contribution in [0.15, 0.2) is 35.3 Å². The summed E-state index contributed by atoms with van der Waals surface area (Å²) in [5.41, 5.74) is 0.632. The van der Waals surface area contributed by atoms with Crippen LogP contribution in [-0.4, -0.2) is 47.1 Å². The van der Waals surface area contributed by atoms with Gasteiger partial charge < -0.3 is 24.8 Å². The molecule has 2 N–H and O–H groups in total. The molecule has 3 aromatic rings. The van der Waals surface area contributed by atoms with Crippen LogP contribution in [-0.2, 0) is 7.05 Å². The lowest BCUT2D eigenvalue weighted by Gasteiger charge is -2.41. The first-order valence-corrected chi connectivity index (χ1v) is 13.4. The zero-order chi connectivity index (χ0) is 28.6. The van der Waals surface area contributed by atoms with Crippen LogP contribution in [0.2, 0.25) is 0 Å². The van der Waals surface area contributed by atoms with Crippen molar-refractivity contribution >= 4 is 33.8 Å². The molecular formula is C28H30F5N5O2. The number of hydrogen-bond donors (Lipinski definition) is 2. The minimum absolute atomic E-state index is 0.0734. The number of ether oxygens (including phenoxy) is 1. The minimum Gasteiger partial charge on any atom is -0.480 e. The second-order valence-electron chi connectivity index (χ2n) is 11.3. The lowest BCUT2D eigenvalue weighted by atomic mass is 9.87. The summed E-state index contributed by atoms with van der Waals surface area (Å²) in [6, 6.07) is 5.22. The van der Waals surface area contributed by atoms with Gasteiger partial charge in [0.2, 0.25) is 5.75 Å². The Morgan fingerprint density at radius 3 is 2.48 bits per heavy atom. The number of alkyl halides is 4. The molecule has 1 saturated heterocycles. The van der Waals surface area contributed by atoms with Gasteiger partial charge in [0.15, 0.2) is 12.4 Å². The second kappa shape index (κ2) is 9.24. The van der Waals surface area contributed by atoms with Gasteiger partial charge in [-0.2, -0.15) is 0 Å². The Kier molecular flexibility index (Phi) is 6.15. The number of rotatable bonds is 4. The van der Waals surface area contributed by atoms with Gasteiger partial charge in [0, 0.05) is 49.1 Å². The third-order valence-corrected chi connectivity index (χ3v) is 8.36. The Hall–Kier alpha value is -3.57. The number of fused-ring (bicyclic) bond motifs is 3. The van der Waals surface area contributed by atoms with Gasteiger partial charge >= 0.3 is 5.92 Å². The molecule has 7 nitrogen and oxygen atoms in total. The number of nitrogens with zero attached hydrogens (tertiary/aromatic N) is 3. The van der Waals surface area contributed by atoms with Crippen molar-refractivity contribution in [3.63, 3.8) is 0 Å². The van der Waals surface area contributed by atoms with E-state index in [0.29, 0.717) is 35.2 Å². The van der Waals surface area contributed by atoms with E-state index in [1.807, 2.05) is 0 Å². The summed E-state index contributed by atoms with van der Waals surface area (Å²) in [5, 5.41) is 6.39. The molecule has 2 unspecified atom stereocenters. The first-order chi connectivity index (χ1) is 18.9. The molecule has 1 aromatic carbocycles. The van der Waals surface area contributed by atoms with E-state index < -0.39 is 47.7 Å². The number of aryl methyl sites for hydroxylation is 1. The highest BCUT2D eigenvalue weighted by Crippen LogP contribution is 2.46. The first-order valence-electron chi connectivity index (χ1n) is 13.4. The maximum Gasteiger partial charge on any atom is 0.301 e. The van der Waals surface area contributed by atoms with E-state index in [1.165, 1.54) is 31.5 Å². The van der Waals surface area contributed by atoms with Crippen LogP contribution >= 0.6 is 0 Å². The molecule has 0 amide bonds. The van der Waals surface area contributed by atoms with Crippen LogP contribution in [0.5, 0.6) is 5.75 Å². The lowest BCUT2D eigenvalue weighted by molar-refractivity contribution is -0.105. The molecule has 3 aliphatic rings. The van der Waals surface area contributed by atoms with E-state index in [0.717, 1.165) is 6.20 Å². The molecule has 2 aromatic heterocycles. The first kappa shape index (κ1) is 26.6. The summed E-state index contributed by atoms with van der Waals surface area (Å²) in [6.07, 6.45) is 2.36. The lowest BCUT2D eigenvalue weighted by Crippen LogP contribution is -2.51. The van der Waals surface area contributed by atoms with E-state index in [9.17, 15) is 26.7 Å². The minimum atomic E-state index is -3.17. The number of anilines is 4. The molecule has 6 rings (SSSR count). The van der Waals surface area contributed by atoms with Crippen LogP contribution in [0.1, 0.15) is 26.7 Å². The molecule has 2 fully saturated rings. The predicted octanol–water partition coefficient (Wildman–Crippen LogP) is 5.76. The van der Waals surface area contributed by atoms with Crippen LogP contribution in [0.25, 0.3) is 10.9 Å². The largest absolute Gasteiger partial charge is 0.480 e. The zero-order valence-electron chi connectivity index (χ0n) is 22.3. The molecule has 4 heterocycles. The zero-order valence-corrected chi connectivity index (χ0v) is 22.3. The fourth-order valence-corrected chi connectivity index (χ4v) is 5.79. The number of hydrogen-bond acceptors (Lipinski definition) is 6. The van der Waals surface area contributed by atoms with E-state index >= 15 is 0 Å². The van der Waals surface area contributed by atoms with Crippen LogP contribution in [0, 0.1) is 23.6 Å². The Balaban J connectivity index is 1.36. The predicted molar refractivity (Wildman–Crippen MR) is 143 cm³/mol. The molecule has 214 valence electrons. The standard InChI is InChI=1S/C28H30F5N5O2/c1-14-11-38(12-15(2)28(14,32)33)22-9-20(19(29)10-34-22)35-17-6-7-21-18(8-17)23-24(26(39)37(21)3)40-13-27(30,31)25(36-23)16-4-5-16/h6-10,14-16,25,36H,4-5,11-13H2,1-3H3,(H,34,35)/t14?,15?,25-/m0/s1. The van der Waals surface area contributed by atoms with Crippen molar-refractivity contribution in [3.8, 4) is 5.75 Å². The fraction of sp³-hybridized carbons (Fsp3) is 0.500. The molecule has 12 heteroatoms. The van der Waals surface area contributed by atoms with Crippen molar-refractivity contribution in [3.05, 3.63) is 46.6 Å². The van der Waals surface area contributed by atoms with Crippen molar-refractivity contribution in [1.29, 1.82) is 0 Å². The SMILES string of the molecule is CC1CN(c2cc(Nc3ccc4c(c3)c3c(c(=O)n4C)OCC(F)(F)[C@H](C4CC4)N3)c(F)cn2)CC(C)C1(F)F. The molecule has 1 saturated carbocycles. The molecule has 2 aliphatic heterocycles. The molecule has 40 heavy (non-hydrogen) atoms. The van der Waals surface area contributed by atoms with Crippen molar-refractivity contribution in [2.45, 2.75) is 44.6 Å². The molecule has 3 atom stereocenters. The molecule has 1 aliphatic carbocycles. The Morgan fingerprint density at radius 2 is 1.80 bits per heavy atom. The van der Waals surface area contributed by atoms with E-state index in [2.05, 4.69) is 15.6 Å². The van der Waals surface area contributed by atoms with E-state index in [4.69, 9.17) is 4.74 Å². The van der Waals surface area contributed by atoms with Gasteiger partial charge in [-0.3, -0.25) is 4.79 Å². The summed E-state index contributed by atoms with van der Waals surface area (Å²) < 4.78 is 80.1. The highest BCUT2D eigenvalue weighted by atomic mass is 19.3. The van der Waals surface area contributed by atoms with Gasteiger partial charge in [-0.25, -0.2) is 26.9 Å². The third-order valence-electron chi connectivity index (χ3n) is 8.36. The Morgan fingerprint density at radius 1 is 1.10 bits per heavy atom. The third kappa shape index (κ3) is 4.41.